The Morgan fingerprint density at radius 1 is 0.264 bits per heavy atom. The van der Waals surface area contributed by atoms with Crippen molar-refractivity contribution in [3.63, 3.8) is 0 Å². The van der Waals surface area contributed by atoms with Crippen molar-refractivity contribution in [3.8, 4) is 33.6 Å². The summed E-state index contributed by atoms with van der Waals surface area (Å²) in [5.41, 5.74) is 14.8. The molecule has 17 aromatic rings. The van der Waals surface area contributed by atoms with Gasteiger partial charge in [-0.15, -0.1) is 0 Å². The topological polar surface area (TPSA) is 18.7 Å². The van der Waals surface area contributed by atoms with Crippen molar-refractivity contribution in [2.75, 3.05) is 0 Å². The van der Waals surface area contributed by atoms with Crippen LogP contribution in [0.15, 0.2) is 218 Å². The van der Waals surface area contributed by atoms with E-state index in [1.54, 1.807) is 0 Å². The summed E-state index contributed by atoms with van der Waals surface area (Å²) in [7, 11) is 0. The molecular formula is C68H42N4. The van der Waals surface area contributed by atoms with Crippen molar-refractivity contribution < 1.29 is 8.22 Å². The zero-order valence-corrected chi connectivity index (χ0v) is 38.6. The zero-order chi connectivity index (χ0) is 52.1. The predicted octanol–water partition coefficient (Wildman–Crippen LogP) is 18.1. The molecule has 334 valence electrons. The van der Waals surface area contributed by atoms with Crippen molar-refractivity contribution >= 4 is 120 Å². The number of para-hydroxylation sites is 4. The van der Waals surface area contributed by atoms with E-state index in [4.69, 9.17) is 0 Å². The maximum atomic E-state index is 9.69. The summed E-state index contributed by atoms with van der Waals surface area (Å²) in [6.45, 7) is -5.37. The molecule has 0 aliphatic carbocycles. The minimum absolute atomic E-state index is 0.143. The fourth-order valence-corrected chi connectivity index (χ4v) is 13.2. The Morgan fingerprint density at radius 2 is 0.639 bits per heavy atom. The van der Waals surface area contributed by atoms with Gasteiger partial charge < -0.3 is 17.9 Å². The molecule has 0 aliphatic heterocycles. The van der Waals surface area contributed by atoms with Crippen LogP contribution in [-0.4, -0.2) is 17.9 Å². The molecule has 11 aromatic carbocycles. The third kappa shape index (κ3) is 4.68. The van der Waals surface area contributed by atoms with Crippen LogP contribution in [0, 0.1) is 13.7 Å². The second-order valence-corrected chi connectivity index (χ2v) is 19.5. The first kappa shape index (κ1) is 33.2. The van der Waals surface area contributed by atoms with E-state index in [2.05, 4.69) is 200 Å². The summed E-state index contributed by atoms with van der Waals surface area (Å²) in [5.74, 6) is 0. The molecular weight excluding hydrogens is 873 g/mol. The standard InChI is InChI=1S/C68H42N4/c1-39-59-51-27-15-29-53-62-58(36-34-50-48-26-10-12-32-56(48)70(68(50)62)46-24-14-22-44(38-46)42-19-7-4-8-20-42)72(65(51)53)64(59)40(2)60-52-28-16-30-54-61-57(71(63(39)60)66(52)54)35-33-49-47-25-9-11-31-55(47)69(67(49)61)45-23-13-21-43(37-45)41-17-5-3-6-18-41/h3-38H,1-2H3/i1D3,2D3. The highest BCUT2D eigenvalue weighted by atomic mass is 15.0. The molecule has 0 N–H and O–H groups in total. The van der Waals surface area contributed by atoms with Crippen molar-refractivity contribution in [1.82, 2.24) is 17.9 Å². The number of hydrogen-bond donors (Lipinski definition) is 0. The highest BCUT2D eigenvalue weighted by Crippen LogP contribution is 2.51. The molecule has 0 amide bonds. The van der Waals surface area contributed by atoms with E-state index in [-0.39, 0.29) is 11.1 Å². The van der Waals surface area contributed by atoms with Crippen LogP contribution in [0.4, 0.5) is 0 Å². The molecule has 6 heterocycles. The van der Waals surface area contributed by atoms with E-state index in [1.165, 1.54) is 0 Å². The largest absolute Gasteiger partial charge is 0.309 e. The highest BCUT2D eigenvalue weighted by molar-refractivity contribution is 6.36. The van der Waals surface area contributed by atoms with E-state index in [0.29, 0.717) is 32.6 Å². The van der Waals surface area contributed by atoms with Gasteiger partial charge in [0.25, 0.3) is 0 Å². The second kappa shape index (κ2) is 13.7. The van der Waals surface area contributed by atoms with Crippen LogP contribution in [-0.2, 0) is 0 Å². The molecule has 0 saturated carbocycles. The first-order valence-electron chi connectivity index (χ1n) is 27.6. The van der Waals surface area contributed by atoms with Gasteiger partial charge in [0.1, 0.15) is 0 Å². The quantitative estimate of drug-likeness (QED) is 0.168. The zero-order valence-electron chi connectivity index (χ0n) is 44.6. The van der Waals surface area contributed by atoms with Crippen LogP contribution in [0.5, 0.6) is 0 Å². The van der Waals surface area contributed by atoms with Crippen molar-refractivity contribution in [3.05, 3.63) is 230 Å². The third-order valence-electron chi connectivity index (χ3n) is 16.0. The minimum Gasteiger partial charge on any atom is -0.309 e. The Morgan fingerprint density at radius 3 is 1.08 bits per heavy atom. The first-order valence-corrected chi connectivity index (χ1v) is 24.6. The number of hydrogen-bond acceptors (Lipinski definition) is 0. The van der Waals surface area contributed by atoms with E-state index < -0.39 is 13.7 Å². The molecule has 72 heavy (non-hydrogen) atoms. The summed E-state index contributed by atoms with van der Waals surface area (Å²) in [6, 6.07) is 75.7. The smallest absolute Gasteiger partial charge is 0.0641 e. The Bertz CT molecular complexity index is 5070. The van der Waals surface area contributed by atoms with Gasteiger partial charge in [-0.2, -0.15) is 0 Å². The summed E-state index contributed by atoms with van der Waals surface area (Å²) >= 11 is 0. The van der Waals surface area contributed by atoms with E-state index in [9.17, 15) is 8.22 Å². The summed E-state index contributed by atoms with van der Waals surface area (Å²) in [5, 5.41) is 10.4. The van der Waals surface area contributed by atoms with Gasteiger partial charge in [0.2, 0.25) is 0 Å². The van der Waals surface area contributed by atoms with Gasteiger partial charge in [0.15, 0.2) is 0 Å². The van der Waals surface area contributed by atoms with E-state index in [0.717, 1.165) is 121 Å². The lowest BCUT2D eigenvalue weighted by Gasteiger charge is -2.12. The Kier molecular flexibility index (Phi) is 6.31. The van der Waals surface area contributed by atoms with Crippen LogP contribution >= 0.6 is 0 Å². The van der Waals surface area contributed by atoms with Gasteiger partial charge in [0, 0.05) is 84.2 Å². The van der Waals surface area contributed by atoms with Crippen molar-refractivity contribution in [2.45, 2.75) is 13.7 Å². The molecule has 0 aliphatic rings. The molecule has 0 spiro atoms. The molecule has 6 aromatic heterocycles. The van der Waals surface area contributed by atoms with Gasteiger partial charge in [-0.05, 0) is 95.6 Å². The van der Waals surface area contributed by atoms with Gasteiger partial charge in [-0.25, -0.2) is 0 Å². The second-order valence-electron chi connectivity index (χ2n) is 19.5. The number of rotatable bonds is 4. The maximum absolute atomic E-state index is 9.69. The summed E-state index contributed by atoms with van der Waals surface area (Å²) in [6.07, 6.45) is 0. The minimum atomic E-state index is -2.69. The monoisotopic (exact) mass is 920 g/mol. The molecule has 0 saturated heterocycles. The van der Waals surface area contributed by atoms with Gasteiger partial charge in [-0.3, -0.25) is 0 Å². The number of aromatic nitrogens is 4. The SMILES string of the molecule is [2H]C([2H])([2H])c1c2c3cccc4c5c6c(ccc5n(c2c(C([2H])([2H])[2H])c2c5cccc7c8c9c(ccc8n(c12)c57)c1ccccc1n9-c1cccc(-c2ccccc2)c1)c34)c1ccccc1n6-c1cccc(-c2ccccc2)c1. The van der Waals surface area contributed by atoms with Gasteiger partial charge in [0.05, 0.1) is 55.2 Å². The van der Waals surface area contributed by atoms with Crippen LogP contribution < -0.4 is 0 Å². The van der Waals surface area contributed by atoms with Crippen LogP contribution in [0.2, 0.25) is 0 Å². The highest BCUT2D eigenvalue weighted by Gasteiger charge is 2.29. The van der Waals surface area contributed by atoms with E-state index in [1.807, 2.05) is 36.4 Å². The summed E-state index contributed by atoms with van der Waals surface area (Å²) in [4.78, 5) is 0. The Labute approximate surface area is 421 Å². The Hall–Kier alpha value is -9.38. The lowest BCUT2D eigenvalue weighted by atomic mass is 9.96. The Balaban J connectivity index is 1.04. The van der Waals surface area contributed by atoms with E-state index >= 15 is 0 Å². The van der Waals surface area contributed by atoms with Crippen LogP contribution in [0.25, 0.3) is 153 Å². The molecule has 0 unspecified atom stereocenters. The average molecular weight is 921 g/mol. The number of aryl methyl sites for hydroxylation is 2. The van der Waals surface area contributed by atoms with Crippen molar-refractivity contribution in [1.29, 1.82) is 0 Å². The molecule has 0 fully saturated rings. The molecule has 4 heteroatoms. The van der Waals surface area contributed by atoms with Crippen LogP contribution in [0.1, 0.15) is 19.4 Å². The molecule has 0 radical (unpaired) electrons. The normalized spacial score (nSPS) is 14.2. The molecule has 4 nitrogen and oxygen atoms in total. The number of nitrogens with zero attached hydrogens (tertiary/aromatic N) is 4. The van der Waals surface area contributed by atoms with Gasteiger partial charge in [-0.1, -0.05) is 170 Å². The molecule has 0 bridgehead atoms. The fraction of sp³-hybridized carbons (Fsp3) is 0.0294. The maximum Gasteiger partial charge on any atom is 0.0641 e. The first-order chi connectivity index (χ1) is 38.0. The number of benzene rings is 11. The lowest BCUT2D eigenvalue weighted by molar-refractivity contribution is 1.19. The predicted molar refractivity (Wildman–Crippen MR) is 305 cm³/mol. The van der Waals surface area contributed by atoms with Crippen LogP contribution in [0.3, 0.4) is 0 Å². The lowest BCUT2D eigenvalue weighted by Crippen LogP contribution is -1.95. The van der Waals surface area contributed by atoms with Gasteiger partial charge >= 0.3 is 0 Å². The molecule has 17 rings (SSSR count). The third-order valence-corrected chi connectivity index (χ3v) is 16.0. The average Bonchev–Trinajstić information content (AvgIpc) is 4.48. The molecule has 0 atom stereocenters. The fourth-order valence-electron chi connectivity index (χ4n) is 13.2. The van der Waals surface area contributed by atoms with Crippen molar-refractivity contribution in [2.24, 2.45) is 0 Å². The summed E-state index contributed by atoms with van der Waals surface area (Å²) < 4.78 is 67.0. The number of fused-ring (bicyclic) bond motifs is 20.